The molecule has 282 valence electrons. The third-order valence-corrected chi connectivity index (χ3v) is 13.8. The Labute approximate surface area is 350 Å². The van der Waals surface area contributed by atoms with Gasteiger partial charge in [0.2, 0.25) is 0 Å². The second-order valence-corrected chi connectivity index (χ2v) is 17.5. The average molecular weight is 786 g/mol. The molecule has 60 heavy (non-hydrogen) atoms. The van der Waals surface area contributed by atoms with Crippen molar-refractivity contribution in [1.82, 2.24) is 24.1 Å². The minimum Gasteiger partial charge on any atom is -0.295 e. The molecule has 2 aliphatic rings. The molecule has 1 aliphatic carbocycles. The third kappa shape index (κ3) is 4.74. The Bertz CT molecular complexity index is 3630. The highest BCUT2D eigenvalue weighted by molar-refractivity contribution is 7.99. The van der Waals surface area contributed by atoms with Gasteiger partial charge in [-0.3, -0.25) is 9.13 Å². The van der Waals surface area contributed by atoms with Crippen LogP contribution in [-0.4, -0.2) is 24.1 Å². The van der Waals surface area contributed by atoms with Crippen molar-refractivity contribution in [2.24, 2.45) is 0 Å². The van der Waals surface area contributed by atoms with Gasteiger partial charge < -0.3 is 0 Å². The maximum atomic E-state index is 5.31. The summed E-state index contributed by atoms with van der Waals surface area (Å²) < 4.78 is 4.90. The number of benzene rings is 8. The van der Waals surface area contributed by atoms with Gasteiger partial charge in [-0.25, -0.2) is 15.0 Å². The first kappa shape index (κ1) is 33.7. The van der Waals surface area contributed by atoms with Crippen molar-refractivity contribution in [1.29, 1.82) is 0 Å². The van der Waals surface area contributed by atoms with Crippen LogP contribution in [0, 0.1) is 0 Å². The maximum absolute atomic E-state index is 5.31. The molecule has 0 spiro atoms. The molecule has 8 aromatic carbocycles. The van der Waals surface area contributed by atoms with E-state index < -0.39 is 0 Å². The lowest BCUT2D eigenvalue weighted by Crippen LogP contribution is -2.14. The molecule has 0 amide bonds. The highest BCUT2D eigenvalue weighted by Crippen LogP contribution is 2.51. The molecule has 6 heteroatoms. The Kier molecular flexibility index (Phi) is 6.94. The summed E-state index contributed by atoms with van der Waals surface area (Å²) in [6.07, 6.45) is 0. The number of fused-ring (bicyclic) bond motifs is 11. The normalized spacial score (nSPS) is 13.6. The van der Waals surface area contributed by atoms with Crippen LogP contribution in [0.15, 0.2) is 186 Å². The zero-order valence-electron chi connectivity index (χ0n) is 32.9. The first-order valence-electron chi connectivity index (χ1n) is 20.4. The van der Waals surface area contributed by atoms with Crippen molar-refractivity contribution in [2.45, 2.75) is 29.1 Å². The number of aromatic nitrogens is 5. The fourth-order valence-electron chi connectivity index (χ4n) is 9.92. The van der Waals surface area contributed by atoms with Crippen molar-refractivity contribution in [3.05, 3.63) is 187 Å². The Morgan fingerprint density at radius 1 is 0.467 bits per heavy atom. The lowest BCUT2D eigenvalue weighted by Gasteiger charge is -2.21. The second-order valence-electron chi connectivity index (χ2n) is 16.5. The predicted molar refractivity (Wildman–Crippen MR) is 246 cm³/mol. The molecule has 0 radical (unpaired) electrons. The lowest BCUT2D eigenvalue weighted by atomic mass is 9.82. The van der Waals surface area contributed by atoms with E-state index in [0.717, 1.165) is 38.9 Å². The standard InChI is InChI=1S/C54H35N5S/c1-54(2)42-20-7-5-17-38(42)41-31-36(27-28-43(41)54)52-56-50(55-51(57-52)35-26-25-32-13-3-4-14-33(32)29-35)34-15-11-16-37(30-34)58-44-21-8-6-18-39(44)48-40-19-12-24-47-49(40)59(53(48)58)45-22-9-10-23-46(45)60-47/h3-31H,1-2H3. The maximum Gasteiger partial charge on any atom is 0.164 e. The molecule has 0 N–H and O–H groups in total. The van der Waals surface area contributed by atoms with Gasteiger partial charge in [-0.15, -0.1) is 0 Å². The molecule has 0 atom stereocenters. The number of hydrogen-bond acceptors (Lipinski definition) is 4. The van der Waals surface area contributed by atoms with E-state index in [-0.39, 0.29) is 5.41 Å². The highest BCUT2D eigenvalue weighted by atomic mass is 32.2. The van der Waals surface area contributed by atoms with Crippen molar-refractivity contribution in [3.63, 3.8) is 0 Å². The molecule has 0 bridgehead atoms. The number of rotatable bonds is 4. The zero-order chi connectivity index (χ0) is 39.7. The van der Waals surface area contributed by atoms with Crippen LogP contribution in [0.25, 0.3) is 100 Å². The average Bonchev–Trinajstić information content (AvgIpc) is 3.90. The lowest BCUT2D eigenvalue weighted by molar-refractivity contribution is 0.660. The molecule has 0 unspecified atom stereocenters. The molecule has 0 saturated carbocycles. The number of hydrogen-bond donors (Lipinski definition) is 0. The summed E-state index contributed by atoms with van der Waals surface area (Å²) in [4.78, 5) is 18.3. The summed E-state index contributed by atoms with van der Waals surface area (Å²) in [5.41, 5.74) is 13.7. The van der Waals surface area contributed by atoms with Gasteiger partial charge in [0.15, 0.2) is 17.5 Å². The summed E-state index contributed by atoms with van der Waals surface area (Å²) >= 11 is 1.85. The molecular formula is C54H35N5S. The van der Waals surface area contributed by atoms with Gasteiger partial charge in [0, 0.05) is 53.7 Å². The summed E-state index contributed by atoms with van der Waals surface area (Å²) in [5, 5.41) is 6.07. The number of para-hydroxylation sites is 3. The Balaban J connectivity index is 1.04. The first-order chi connectivity index (χ1) is 29.5. The monoisotopic (exact) mass is 785 g/mol. The quantitative estimate of drug-likeness (QED) is 0.178. The van der Waals surface area contributed by atoms with E-state index in [4.69, 9.17) is 15.0 Å². The van der Waals surface area contributed by atoms with Crippen molar-refractivity contribution in [3.8, 4) is 56.7 Å². The molecule has 11 aromatic rings. The largest absolute Gasteiger partial charge is 0.295 e. The van der Waals surface area contributed by atoms with Crippen LogP contribution in [0.1, 0.15) is 25.0 Å². The van der Waals surface area contributed by atoms with Gasteiger partial charge in [0.25, 0.3) is 0 Å². The SMILES string of the molecule is CC1(C)c2ccccc2-c2cc(-c3nc(-c4cccc(-n5c6ccccc6c6c7cccc8c7n(c65)-c5ccccc5S8)c4)nc(-c4ccc5ccccc5c4)n3)ccc21. The Hall–Kier alpha value is -7.28. The Morgan fingerprint density at radius 3 is 2.00 bits per heavy atom. The van der Waals surface area contributed by atoms with Crippen LogP contribution >= 0.6 is 11.8 Å². The minimum absolute atomic E-state index is 0.0910. The van der Waals surface area contributed by atoms with E-state index in [0.29, 0.717) is 17.5 Å². The molecule has 1 aliphatic heterocycles. The summed E-state index contributed by atoms with van der Waals surface area (Å²) in [5.74, 6) is 1.92. The van der Waals surface area contributed by atoms with E-state index >= 15 is 0 Å². The fraction of sp³-hybridized carbons (Fsp3) is 0.0556. The molecule has 0 fully saturated rings. The Morgan fingerprint density at radius 2 is 1.12 bits per heavy atom. The fourth-order valence-corrected chi connectivity index (χ4v) is 11.0. The zero-order valence-corrected chi connectivity index (χ0v) is 33.7. The van der Waals surface area contributed by atoms with Crippen LogP contribution in [-0.2, 0) is 5.41 Å². The van der Waals surface area contributed by atoms with Crippen LogP contribution in [0.3, 0.4) is 0 Å². The molecule has 5 nitrogen and oxygen atoms in total. The topological polar surface area (TPSA) is 48.5 Å². The van der Waals surface area contributed by atoms with Gasteiger partial charge in [-0.05, 0) is 81.6 Å². The van der Waals surface area contributed by atoms with Crippen molar-refractivity contribution in [2.75, 3.05) is 0 Å². The first-order valence-corrected chi connectivity index (χ1v) is 21.3. The smallest absolute Gasteiger partial charge is 0.164 e. The second kappa shape index (κ2) is 12.4. The predicted octanol–water partition coefficient (Wildman–Crippen LogP) is 13.8. The third-order valence-electron chi connectivity index (χ3n) is 12.7. The van der Waals surface area contributed by atoms with E-state index in [1.54, 1.807) is 0 Å². The van der Waals surface area contributed by atoms with Crippen LogP contribution < -0.4 is 0 Å². The molecule has 4 heterocycles. The van der Waals surface area contributed by atoms with Gasteiger partial charge in [-0.2, -0.15) is 0 Å². The van der Waals surface area contributed by atoms with Gasteiger partial charge in [0.05, 0.1) is 16.7 Å². The molecule has 0 saturated heterocycles. The number of nitrogens with zero attached hydrogens (tertiary/aromatic N) is 5. The van der Waals surface area contributed by atoms with E-state index in [1.807, 2.05) is 11.8 Å². The van der Waals surface area contributed by atoms with E-state index in [9.17, 15) is 0 Å². The van der Waals surface area contributed by atoms with Crippen LogP contribution in [0.2, 0.25) is 0 Å². The van der Waals surface area contributed by atoms with Gasteiger partial charge in [0.1, 0.15) is 5.65 Å². The van der Waals surface area contributed by atoms with Crippen molar-refractivity contribution < 1.29 is 0 Å². The van der Waals surface area contributed by atoms with Crippen LogP contribution in [0.4, 0.5) is 0 Å². The van der Waals surface area contributed by atoms with Gasteiger partial charge >= 0.3 is 0 Å². The molecule has 3 aromatic heterocycles. The van der Waals surface area contributed by atoms with Crippen LogP contribution in [0.5, 0.6) is 0 Å². The molecular weight excluding hydrogens is 751 g/mol. The highest BCUT2D eigenvalue weighted by Gasteiger charge is 2.35. The summed E-state index contributed by atoms with van der Waals surface area (Å²) in [6, 6.07) is 63.3. The molecule has 13 rings (SSSR count). The summed E-state index contributed by atoms with van der Waals surface area (Å²) in [7, 11) is 0. The van der Waals surface area contributed by atoms with Crippen molar-refractivity contribution >= 4 is 55.4 Å². The van der Waals surface area contributed by atoms with E-state index in [1.165, 1.54) is 64.8 Å². The minimum atomic E-state index is -0.0910. The van der Waals surface area contributed by atoms with E-state index in [2.05, 4.69) is 199 Å². The summed E-state index contributed by atoms with van der Waals surface area (Å²) in [6.45, 7) is 4.63. The van der Waals surface area contributed by atoms with Gasteiger partial charge in [-0.1, -0.05) is 153 Å².